The number of hydrogen-bond donors (Lipinski definition) is 1. The number of aryl methyl sites for hydroxylation is 2. The third-order valence-corrected chi connectivity index (χ3v) is 11.3. The zero-order chi connectivity index (χ0) is 46.5. The van der Waals surface area contributed by atoms with Crippen LogP contribution < -0.4 is 0 Å². The molecular formula is C56H49N3O. The Hall–Kier alpha value is -7.04. The van der Waals surface area contributed by atoms with Gasteiger partial charge in [-0.1, -0.05) is 142 Å². The van der Waals surface area contributed by atoms with Crippen LogP contribution in [0.15, 0.2) is 170 Å². The molecule has 0 spiro atoms. The molecular weight excluding hydrogens is 731 g/mol. The molecule has 0 amide bonds. The first kappa shape index (κ1) is 31.9. The highest BCUT2D eigenvalue weighted by molar-refractivity contribution is 5.98. The Morgan fingerprint density at radius 3 is 1.90 bits per heavy atom. The van der Waals surface area contributed by atoms with E-state index < -0.39 is 13.7 Å². The Balaban J connectivity index is 1.31. The number of benzene rings is 7. The number of fused-ring (bicyclic) bond motifs is 1. The third kappa shape index (κ3) is 7.30. The number of rotatable bonds is 9. The van der Waals surface area contributed by atoms with E-state index in [1.165, 1.54) is 0 Å². The Morgan fingerprint density at radius 2 is 1.20 bits per heavy atom. The minimum atomic E-state index is -2.51. The lowest BCUT2D eigenvalue weighted by Gasteiger charge is -2.19. The van der Waals surface area contributed by atoms with Gasteiger partial charge in [0.15, 0.2) is 0 Å². The number of hydrogen-bond acceptors (Lipinski definition) is 3. The highest BCUT2D eigenvalue weighted by Gasteiger charge is 2.24. The lowest BCUT2D eigenvalue weighted by molar-refractivity contribution is 0.466. The van der Waals surface area contributed by atoms with Gasteiger partial charge in [0, 0.05) is 25.5 Å². The minimum absolute atomic E-state index is 0.00116. The van der Waals surface area contributed by atoms with E-state index in [1.54, 1.807) is 24.4 Å². The van der Waals surface area contributed by atoms with Crippen molar-refractivity contribution in [1.29, 1.82) is 0 Å². The third-order valence-electron chi connectivity index (χ3n) is 11.3. The first-order valence-electron chi connectivity index (χ1n) is 23.4. The molecule has 0 radical (unpaired) electrons. The molecule has 1 N–H and O–H groups in total. The van der Waals surface area contributed by atoms with Crippen LogP contribution in [0.1, 0.15) is 70.0 Å². The molecule has 294 valence electrons. The van der Waals surface area contributed by atoms with Crippen molar-refractivity contribution >= 4 is 11.0 Å². The van der Waals surface area contributed by atoms with Gasteiger partial charge in [-0.25, -0.2) is 4.98 Å². The van der Waals surface area contributed by atoms with Crippen molar-refractivity contribution < 1.29 is 13.3 Å². The summed E-state index contributed by atoms with van der Waals surface area (Å²) < 4.78 is 52.1. The highest BCUT2D eigenvalue weighted by Crippen LogP contribution is 2.44. The summed E-state index contributed by atoms with van der Waals surface area (Å²) in [4.78, 5) is 10.3. The molecule has 9 rings (SSSR count). The molecule has 2 heterocycles. The van der Waals surface area contributed by atoms with E-state index in [4.69, 9.17) is 18.2 Å². The second-order valence-corrected chi connectivity index (χ2v) is 16.0. The quantitative estimate of drug-likeness (QED) is 0.159. The fourth-order valence-electron chi connectivity index (χ4n) is 8.08. The molecule has 0 aliphatic rings. The van der Waals surface area contributed by atoms with Crippen molar-refractivity contribution in [3.63, 3.8) is 0 Å². The minimum Gasteiger partial charge on any atom is -0.507 e. The monoisotopic (exact) mass is 785 g/mol. The average Bonchev–Trinajstić information content (AvgIpc) is 3.70. The number of para-hydroxylation sites is 1. The van der Waals surface area contributed by atoms with Crippen LogP contribution in [0.4, 0.5) is 0 Å². The van der Waals surface area contributed by atoms with Gasteiger partial charge in [0.25, 0.3) is 0 Å². The second-order valence-electron chi connectivity index (χ2n) is 16.0. The largest absolute Gasteiger partial charge is 0.507 e. The number of phenols is 1. The van der Waals surface area contributed by atoms with Crippen molar-refractivity contribution in [3.8, 4) is 78.6 Å². The summed E-state index contributed by atoms with van der Waals surface area (Å²) in [5, 5.41) is 12.2. The van der Waals surface area contributed by atoms with Crippen molar-refractivity contribution in [2.75, 3.05) is 0 Å². The van der Waals surface area contributed by atoms with Gasteiger partial charge in [-0.05, 0) is 136 Å². The topological polar surface area (TPSA) is 50.9 Å². The van der Waals surface area contributed by atoms with E-state index in [0.717, 1.165) is 66.9 Å². The molecule has 60 heavy (non-hydrogen) atoms. The van der Waals surface area contributed by atoms with Crippen molar-refractivity contribution in [2.45, 2.75) is 53.2 Å². The molecule has 0 saturated carbocycles. The predicted molar refractivity (Wildman–Crippen MR) is 251 cm³/mol. The summed E-state index contributed by atoms with van der Waals surface area (Å²) in [6, 6.07) is 52.7. The number of aromatic nitrogens is 3. The number of imidazole rings is 1. The Kier molecular flexibility index (Phi) is 8.48. The molecule has 0 unspecified atom stereocenters. The van der Waals surface area contributed by atoms with E-state index in [2.05, 4.69) is 64.1 Å². The number of nitrogens with zero attached hydrogens (tertiary/aromatic N) is 3. The molecule has 0 saturated heterocycles. The highest BCUT2D eigenvalue weighted by atomic mass is 16.3. The van der Waals surface area contributed by atoms with Gasteiger partial charge in [0.2, 0.25) is 0 Å². The maximum Gasteiger partial charge on any atom is 0.149 e. The summed E-state index contributed by atoms with van der Waals surface area (Å²) in [5.41, 5.74) is 13.2. The van der Waals surface area contributed by atoms with Gasteiger partial charge >= 0.3 is 0 Å². The van der Waals surface area contributed by atoms with Crippen LogP contribution >= 0.6 is 0 Å². The standard InChI is InChI=1S/C56H49N3O/c1-35(2)44-32-49(36(3)4)55(60)50(33-44)56-58-54-48(18-13-19-53(54)59(56)52-25-24-42(28-38(52)6)39-14-9-7-10-15-39)46-29-45(40-16-11-8-12-17-40)30-47(31-46)51-34-43(26-27-57-51)41-22-20-37(5)21-23-41/h7-36,60H,1-6H3/i5D3,6D3. The van der Waals surface area contributed by atoms with Gasteiger partial charge < -0.3 is 5.11 Å². The van der Waals surface area contributed by atoms with E-state index in [9.17, 15) is 5.11 Å². The summed E-state index contributed by atoms with van der Waals surface area (Å²) in [7, 11) is 0. The van der Waals surface area contributed by atoms with Crippen LogP contribution in [0.25, 0.3) is 83.9 Å². The zero-order valence-electron chi connectivity index (χ0n) is 40.1. The lowest BCUT2D eigenvalue weighted by atomic mass is 9.91. The lowest BCUT2D eigenvalue weighted by Crippen LogP contribution is -2.03. The molecule has 0 bridgehead atoms. The van der Waals surface area contributed by atoms with E-state index >= 15 is 0 Å². The van der Waals surface area contributed by atoms with Gasteiger partial charge in [-0.2, -0.15) is 0 Å². The Labute approximate surface area is 362 Å². The van der Waals surface area contributed by atoms with Crippen LogP contribution in [-0.2, 0) is 0 Å². The molecule has 7 aromatic carbocycles. The molecule has 4 nitrogen and oxygen atoms in total. The number of phenolic OH excluding ortho intramolecular Hbond substituents is 1. The number of pyridine rings is 1. The van der Waals surface area contributed by atoms with Crippen molar-refractivity contribution in [2.24, 2.45) is 0 Å². The van der Waals surface area contributed by atoms with Crippen LogP contribution in [-0.4, -0.2) is 19.6 Å². The van der Waals surface area contributed by atoms with E-state index in [-0.39, 0.29) is 28.7 Å². The molecule has 0 fully saturated rings. The van der Waals surface area contributed by atoms with Crippen LogP contribution in [0.3, 0.4) is 0 Å². The van der Waals surface area contributed by atoms with E-state index in [1.807, 2.05) is 114 Å². The summed E-state index contributed by atoms with van der Waals surface area (Å²) >= 11 is 0. The smallest absolute Gasteiger partial charge is 0.149 e. The molecule has 4 heteroatoms. The summed E-state index contributed by atoms with van der Waals surface area (Å²) in [5.74, 6) is 0.670. The average molecular weight is 786 g/mol. The van der Waals surface area contributed by atoms with Crippen LogP contribution in [0.5, 0.6) is 5.75 Å². The van der Waals surface area contributed by atoms with Crippen molar-refractivity contribution in [3.05, 3.63) is 192 Å². The van der Waals surface area contributed by atoms with E-state index in [0.29, 0.717) is 28.1 Å². The van der Waals surface area contributed by atoms with Crippen LogP contribution in [0.2, 0.25) is 0 Å². The normalized spacial score (nSPS) is 13.4. The maximum absolute atomic E-state index is 12.2. The van der Waals surface area contributed by atoms with Gasteiger partial charge in [-0.15, -0.1) is 0 Å². The number of aromatic hydroxyl groups is 1. The van der Waals surface area contributed by atoms with Gasteiger partial charge in [0.05, 0.1) is 28.0 Å². The fourth-order valence-corrected chi connectivity index (χ4v) is 8.08. The SMILES string of the molecule is [2H]C([2H])([2H])c1ccc(-c2ccnc(-c3cc(-c4ccccc4)cc(-c4cccc5c4nc(-c4cc(C(C)C)cc(C(C)C)c4O)n5-c4ccc(-c5ccccc5)cc4C([2H])([2H])[2H])c3)c2)cc1. The first-order valence-corrected chi connectivity index (χ1v) is 20.4. The molecule has 0 aliphatic heterocycles. The molecule has 9 aromatic rings. The fraction of sp³-hybridized carbons (Fsp3) is 0.143. The van der Waals surface area contributed by atoms with Crippen molar-refractivity contribution in [1.82, 2.24) is 14.5 Å². The molecule has 0 aliphatic carbocycles. The predicted octanol–water partition coefficient (Wildman–Crippen LogP) is 15.0. The van der Waals surface area contributed by atoms with Gasteiger partial charge in [0.1, 0.15) is 11.6 Å². The second kappa shape index (κ2) is 16.0. The summed E-state index contributed by atoms with van der Waals surface area (Å²) in [6.07, 6.45) is 1.76. The first-order chi connectivity index (χ1) is 31.5. The van der Waals surface area contributed by atoms with Gasteiger partial charge in [-0.3, -0.25) is 9.55 Å². The summed E-state index contributed by atoms with van der Waals surface area (Å²) in [6.45, 7) is 3.64. The molecule has 0 atom stereocenters. The maximum atomic E-state index is 12.2. The zero-order valence-corrected chi connectivity index (χ0v) is 34.1. The molecule has 2 aromatic heterocycles. The van der Waals surface area contributed by atoms with Crippen LogP contribution in [0, 0.1) is 13.7 Å². The Morgan fingerprint density at radius 1 is 0.533 bits per heavy atom. The Bertz CT molecular complexity index is 3230.